The lowest BCUT2D eigenvalue weighted by Crippen LogP contribution is -2.15. The first kappa shape index (κ1) is 9.04. The molecule has 2 nitrogen and oxygen atoms in total. The topological polar surface area (TPSA) is 29.4 Å². The van der Waals surface area contributed by atoms with Gasteiger partial charge in [-0.2, -0.15) is 0 Å². The summed E-state index contributed by atoms with van der Waals surface area (Å²) in [5.74, 6) is 1.65. The summed E-state index contributed by atoms with van der Waals surface area (Å²) in [6.45, 7) is 6.04. The first-order valence-corrected chi connectivity index (χ1v) is 6.00. The van der Waals surface area contributed by atoms with Crippen molar-refractivity contribution in [2.24, 2.45) is 4.36 Å². The fourth-order valence-electron chi connectivity index (χ4n) is 1.35. The van der Waals surface area contributed by atoms with E-state index < -0.39 is 9.73 Å². The van der Waals surface area contributed by atoms with Crippen LogP contribution in [0.3, 0.4) is 0 Å². The molecule has 0 aromatic heterocycles. The molecule has 0 saturated carbocycles. The number of hydrogen-bond donors (Lipinski definition) is 0. The van der Waals surface area contributed by atoms with Crippen LogP contribution in [-0.2, 0) is 9.73 Å². The Morgan fingerprint density at radius 3 is 2.00 bits per heavy atom. The first-order valence-electron chi connectivity index (χ1n) is 4.15. The number of nitrogens with zero attached hydrogens (tertiary/aromatic N) is 1. The Balaban J connectivity index is 2.87. The molecule has 0 spiro atoms. The fraction of sp³-hybridized carbons (Fsp3) is 1.00. The van der Waals surface area contributed by atoms with E-state index in [1.54, 1.807) is 0 Å². The lowest BCUT2D eigenvalue weighted by molar-refractivity contribution is 0.582. The largest absolute Gasteiger partial charge is 0.250 e. The Hall–Kier alpha value is -0.0500. The van der Waals surface area contributed by atoms with Crippen LogP contribution < -0.4 is 0 Å². The highest BCUT2D eigenvalue weighted by atomic mass is 32.2. The molecule has 0 aliphatic carbocycles. The maximum atomic E-state index is 11.8. The average Bonchev–Trinajstić information content (AvgIpc) is 2.09. The van der Waals surface area contributed by atoms with E-state index >= 15 is 0 Å². The zero-order valence-electron chi connectivity index (χ0n) is 7.59. The first-order chi connectivity index (χ1) is 4.91. The molecule has 1 fully saturated rings. The second-order valence-corrected chi connectivity index (χ2v) is 6.69. The predicted molar refractivity (Wildman–Crippen MR) is 49.3 cm³/mol. The van der Waals surface area contributed by atoms with E-state index in [0.717, 1.165) is 24.3 Å². The van der Waals surface area contributed by atoms with Gasteiger partial charge < -0.3 is 0 Å². The Morgan fingerprint density at radius 2 is 1.64 bits per heavy atom. The quantitative estimate of drug-likeness (QED) is 0.554. The van der Waals surface area contributed by atoms with Gasteiger partial charge in [0.1, 0.15) is 0 Å². The van der Waals surface area contributed by atoms with Crippen LogP contribution in [0.1, 0.15) is 33.6 Å². The van der Waals surface area contributed by atoms with Crippen LogP contribution in [0, 0.1) is 0 Å². The lowest BCUT2D eigenvalue weighted by atomic mass is 10.1. The molecule has 66 valence electrons. The van der Waals surface area contributed by atoms with Gasteiger partial charge >= 0.3 is 0 Å². The van der Waals surface area contributed by atoms with Gasteiger partial charge in [0.25, 0.3) is 0 Å². The molecule has 0 aromatic rings. The third-order valence-corrected chi connectivity index (χ3v) is 4.35. The summed E-state index contributed by atoms with van der Waals surface area (Å²) in [7, 11) is -1.79. The predicted octanol–water partition coefficient (Wildman–Crippen LogP) is 2.05. The molecule has 1 aliphatic heterocycles. The van der Waals surface area contributed by atoms with Gasteiger partial charge in [-0.1, -0.05) is 0 Å². The number of hydrogen-bond acceptors (Lipinski definition) is 2. The summed E-state index contributed by atoms with van der Waals surface area (Å²) in [5.41, 5.74) is -0.124. The highest BCUT2D eigenvalue weighted by molar-refractivity contribution is 7.93. The maximum Gasteiger partial charge on any atom is 0.0618 e. The zero-order chi connectivity index (χ0) is 8.54. The molecular formula is C8H17NOS. The Bertz CT molecular complexity index is 231. The Morgan fingerprint density at radius 1 is 1.18 bits per heavy atom. The highest BCUT2D eigenvalue weighted by Crippen LogP contribution is 2.18. The maximum absolute atomic E-state index is 11.8. The molecule has 0 N–H and O–H groups in total. The van der Waals surface area contributed by atoms with Gasteiger partial charge in [-0.15, -0.1) is 0 Å². The van der Waals surface area contributed by atoms with Gasteiger partial charge in [0.15, 0.2) is 0 Å². The van der Waals surface area contributed by atoms with Crippen LogP contribution in [0.5, 0.6) is 0 Å². The van der Waals surface area contributed by atoms with Crippen molar-refractivity contribution in [2.45, 2.75) is 39.2 Å². The van der Waals surface area contributed by atoms with E-state index in [-0.39, 0.29) is 5.54 Å². The van der Waals surface area contributed by atoms with Crippen molar-refractivity contribution >= 4 is 9.73 Å². The van der Waals surface area contributed by atoms with Crippen LogP contribution in [0.25, 0.3) is 0 Å². The van der Waals surface area contributed by atoms with Crippen LogP contribution in [0.4, 0.5) is 0 Å². The van der Waals surface area contributed by atoms with Crippen molar-refractivity contribution in [2.75, 3.05) is 11.5 Å². The van der Waals surface area contributed by atoms with Crippen molar-refractivity contribution in [1.82, 2.24) is 0 Å². The van der Waals surface area contributed by atoms with Crippen molar-refractivity contribution in [3.63, 3.8) is 0 Å². The van der Waals surface area contributed by atoms with Crippen LogP contribution in [0.2, 0.25) is 0 Å². The minimum atomic E-state index is -1.79. The van der Waals surface area contributed by atoms with Crippen LogP contribution in [0.15, 0.2) is 4.36 Å². The molecular weight excluding hydrogens is 158 g/mol. The monoisotopic (exact) mass is 175 g/mol. The van der Waals surface area contributed by atoms with Gasteiger partial charge in [-0.3, -0.25) is 0 Å². The summed E-state index contributed by atoms with van der Waals surface area (Å²) in [4.78, 5) is 0. The van der Waals surface area contributed by atoms with Gasteiger partial charge in [-0.25, -0.2) is 8.57 Å². The molecule has 1 saturated heterocycles. The summed E-state index contributed by atoms with van der Waals surface area (Å²) >= 11 is 0. The SMILES string of the molecule is CC(C)(C)N=S1(=O)CCCC1. The van der Waals surface area contributed by atoms with Gasteiger partial charge in [0, 0.05) is 21.2 Å². The summed E-state index contributed by atoms with van der Waals surface area (Å²) in [6, 6.07) is 0. The summed E-state index contributed by atoms with van der Waals surface area (Å²) in [5, 5.41) is 0. The molecule has 1 heterocycles. The van der Waals surface area contributed by atoms with Gasteiger partial charge in [0.2, 0.25) is 0 Å². The zero-order valence-corrected chi connectivity index (χ0v) is 8.41. The minimum absolute atomic E-state index is 0.124. The third-order valence-electron chi connectivity index (χ3n) is 1.62. The molecule has 0 unspecified atom stereocenters. The van der Waals surface area contributed by atoms with Crippen molar-refractivity contribution in [3.05, 3.63) is 0 Å². The third kappa shape index (κ3) is 2.81. The van der Waals surface area contributed by atoms with Gasteiger partial charge in [0.05, 0.1) is 5.54 Å². The number of rotatable bonds is 0. The van der Waals surface area contributed by atoms with Gasteiger partial charge in [-0.05, 0) is 33.6 Å². The van der Waals surface area contributed by atoms with Crippen LogP contribution >= 0.6 is 0 Å². The molecule has 0 radical (unpaired) electrons. The molecule has 11 heavy (non-hydrogen) atoms. The minimum Gasteiger partial charge on any atom is -0.250 e. The molecule has 1 aliphatic rings. The molecule has 0 atom stereocenters. The Kier molecular flexibility index (Phi) is 2.28. The van der Waals surface area contributed by atoms with E-state index in [1.165, 1.54) is 0 Å². The van der Waals surface area contributed by atoms with Crippen molar-refractivity contribution < 1.29 is 4.21 Å². The standard InChI is InChI=1S/C8H17NOS/c1-8(2,3)9-11(10)6-4-5-7-11/h4-7H2,1-3H3. The average molecular weight is 175 g/mol. The second kappa shape index (κ2) is 2.77. The molecule has 1 rings (SSSR count). The molecule has 0 amide bonds. The van der Waals surface area contributed by atoms with Crippen molar-refractivity contribution in [1.29, 1.82) is 0 Å². The summed E-state index contributed by atoms with van der Waals surface area (Å²) in [6.07, 6.45) is 2.19. The van der Waals surface area contributed by atoms with E-state index in [9.17, 15) is 4.21 Å². The molecule has 3 heteroatoms. The van der Waals surface area contributed by atoms with Crippen molar-refractivity contribution in [3.8, 4) is 0 Å². The summed E-state index contributed by atoms with van der Waals surface area (Å²) < 4.78 is 16.2. The molecule has 0 aromatic carbocycles. The van der Waals surface area contributed by atoms with E-state index in [2.05, 4.69) is 4.36 Å². The normalized spacial score (nSPS) is 23.5. The lowest BCUT2D eigenvalue weighted by Gasteiger charge is -2.13. The smallest absolute Gasteiger partial charge is 0.0618 e. The highest BCUT2D eigenvalue weighted by Gasteiger charge is 2.19. The fourth-order valence-corrected chi connectivity index (χ4v) is 4.04. The Labute approximate surface area is 69.6 Å². The van der Waals surface area contributed by atoms with E-state index in [4.69, 9.17) is 0 Å². The second-order valence-electron chi connectivity index (χ2n) is 4.15. The van der Waals surface area contributed by atoms with E-state index in [0.29, 0.717) is 0 Å². The van der Waals surface area contributed by atoms with E-state index in [1.807, 2.05) is 20.8 Å². The van der Waals surface area contributed by atoms with Crippen LogP contribution in [-0.4, -0.2) is 21.3 Å². The molecule has 0 bridgehead atoms.